The fraction of sp³-hybridized carbons (Fsp3) is 0.0889. The summed E-state index contributed by atoms with van der Waals surface area (Å²) in [6.45, 7) is 4.78. The minimum Gasteiger partial charge on any atom is -0.256 e. The van der Waals surface area contributed by atoms with Crippen LogP contribution in [-0.2, 0) is 10.8 Å². The van der Waals surface area contributed by atoms with E-state index >= 15 is 0 Å². The summed E-state index contributed by atoms with van der Waals surface area (Å²) in [5, 5.41) is 0. The van der Waals surface area contributed by atoms with Gasteiger partial charge in [-0.1, -0.05) is 153 Å². The van der Waals surface area contributed by atoms with Gasteiger partial charge in [-0.3, -0.25) is 4.98 Å². The molecule has 7 aromatic rings. The average molecular weight is 588 g/mol. The summed E-state index contributed by atoms with van der Waals surface area (Å²) >= 11 is 0. The first-order valence-corrected chi connectivity index (χ1v) is 16.1. The van der Waals surface area contributed by atoms with E-state index in [2.05, 4.69) is 164 Å². The summed E-state index contributed by atoms with van der Waals surface area (Å²) in [7, 11) is 0. The second-order valence-electron chi connectivity index (χ2n) is 13.1. The highest BCUT2D eigenvalue weighted by Gasteiger charge is 2.53. The van der Waals surface area contributed by atoms with Crippen LogP contribution in [0.5, 0.6) is 0 Å². The highest BCUT2D eigenvalue weighted by Crippen LogP contribution is 2.62. The van der Waals surface area contributed by atoms with Crippen LogP contribution in [0.3, 0.4) is 0 Å². The van der Waals surface area contributed by atoms with Crippen LogP contribution in [-0.4, -0.2) is 4.98 Å². The topological polar surface area (TPSA) is 12.9 Å². The van der Waals surface area contributed by atoms with Gasteiger partial charge in [0.05, 0.1) is 11.1 Å². The normalized spacial score (nSPS) is 14.7. The Labute approximate surface area is 270 Å². The monoisotopic (exact) mass is 587 g/mol. The third kappa shape index (κ3) is 3.66. The molecule has 1 aromatic heterocycles. The third-order valence-corrected chi connectivity index (χ3v) is 10.4. The molecule has 218 valence electrons. The number of aromatic nitrogens is 1. The fourth-order valence-electron chi connectivity index (χ4n) is 8.37. The molecule has 1 spiro atoms. The molecule has 1 nitrogen and oxygen atoms in total. The Hall–Kier alpha value is -5.53. The zero-order valence-electron chi connectivity index (χ0n) is 26.0. The molecule has 0 amide bonds. The number of nitrogens with zero attached hydrogens (tertiary/aromatic N) is 1. The van der Waals surface area contributed by atoms with Gasteiger partial charge >= 0.3 is 0 Å². The van der Waals surface area contributed by atoms with Crippen molar-refractivity contribution in [2.45, 2.75) is 24.7 Å². The van der Waals surface area contributed by atoms with Crippen molar-refractivity contribution < 1.29 is 0 Å². The van der Waals surface area contributed by atoms with Gasteiger partial charge in [0, 0.05) is 17.2 Å². The van der Waals surface area contributed by atoms with Crippen molar-refractivity contribution in [3.8, 4) is 44.6 Å². The molecule has 46 heavy (non-hydrogen) atoms. The van der Waals surface area contributed by atoms with E-state index in [-0.39, 0.29) is 5.41 Å². The number of pyridine rings is 1. The molecule has 0 bridgehead atoms. The molecule has 9 rings (SSSR count). The van der Waals surface area contributed by atoms with E-state index in [1.165, 1.54) is 66.8 Å². The first-order chi connectivity index (χ1) is 22.6. The van der Waals surface area contributed by atoms with Gasteiger partial charge in [0.25, 0.3) is 0 Å². The van der Waals surface area contributed by atoms with E-state index in [0.29, 0.717) is 0 Å². The van der Waals surface area contributed by atoms with Crippen LogP contribution in [0.4, 0.5) is 0 Å². The van der Waals surface area contributed by atoms with Crippen LogP contribution in [0, 0.1) is 0 Å². The summed E-state index contributed by atoms with van der Waals surface area (Å²) in [4.78, 5) is 4.55. The second-order valence-corrected chi connectivity index (χ2v) is 13.1. The van der Waals surface area contributed by atoms with Crippen LogP contribution in [0.1, 0.15) is 47.2 Å². The minimum absolute atomic E-state index is 0.150. The Balaban J connectivity index is 1.29. The van der Waals surface area contributed by atoms with Crippen LogP contribution in [0.2, 0.25) is 0 Å². The SMILES string of the molecule is CC1(C)c2ccccc2C2(c3ccccc3-c3ccccc32)c2cc(-c3ccccc3-c3ccc(-c4ccccn4)cc3)ccc21. The molecular weight excluding hydrogens is 555 g/mol. The zero-order chi connectivity index (χ0) is 30.9. The van der Waals surface area contributed by atoms with Crippen molar-refractivity contribution >= 4 is 0 Å². The molecule has 0 unspecified atom stereocenters. The molecule has 0 saturated heterocycles. The van der Waals surface area contributed by atoms with Crippen LogP contribution >= 0.6 is 0 Å². The van der Waals surface area contributed by atoms with Crippen LogP contribution in [0.25, 0.3) is 44.6 Å². The van der Waals surface area contributed by atoms with Crippen molar-refractivity contribution in [3.05, 3.63) is 197 Å². The summed E-state index contributed by atoms with van der Waals surface area (Å²) in [5.41, 5.74) is 17.4. The Kier molecular flexibility index (Phi) is 5.83. The summed E-state index contributed by atoms with van der Waals surface area (Å²) in [6, 6.07) is 58.2. The lowest BCUT2D eigenvalue weighted by Gasteiger charge is -2.47. The molecular formula is C45H33N. The second kappa shape index (κ2) is 9.99. The Morgan fingerprint density at radius 1 is 0.370 bits per heavy atom. The molecule has 0 fully saturated rings. The Morgan fingerprint density at radius 3 is 1.48 bits per heavy atom. The predicted octanol–water partition coefficient (Wildman–Crippen LogP) is 11.1. The van der Waals surface area contributed by atoms with Crippen LogP contribution < -0.4 is 0 Å². The van der Waals surface area contributed by atoms with Gasteiger partial charge in [-0.15, -0.1) is 0 Å². The molecule has 0 saturated carbocycles. The number of rotatable bonds is 3. The van der Waals surface area contributed by atoms with E-state index in [1.54, 1.807) is 0 Å². The molecule has 0 N–H and O–H groups in total. The van der Waals surface area contributed by atoms with Gasteiger partial charge in [0.1, 0.15) is 0 Å². The molecule has 0 radical (unpaired) electrons. The quantitative estimate of drug-likeness (QED) is 0.200. The first kappa shape index (κ1) is 26.8. The van der Waals surface area contributed by atoms with Gasteiger partial charge in [-0.2, -0.15) is 0 Å². The lowest BCUT2D eigenvalue weighted by molar-refractivity contribution is 0.563. The molecule has 0 aliphatic heterocycles. The van der Waals surface area contributed by atoms with E-state index in [4.69, 9.17) is 0 Å². The molecule has 2 aliphatic carbocycles. The standard InChI is InChI=1S/C45H33N/c1-44(2)39-19-9-10-20-41(39)45(37-17-7-5-15-35(37)36-16-6-8-18-38(36)45)42-29-32(26-27-40(42)44)34-14-4-3-13-33(34)30-22-24-31(25-23-30)43-21-11-12-28-46-43/h3-29H,1-2H3. The molecule has 2 aliphatic rings. The zero-order valence-corrected chi connectivity index (χ0v) is 26.0. The molecule has 1 heterocycles. The van der Waals surface area contributed by atoms with Gasteiger partial charge in [-0.25, -0.2) is 0 Å². The van der Waals surface area contributed by atoms with Gasteiger partial charge in [-0.05, 0) is 85.0 Å². The van der Waals surface area contributed by atoms with E-state index in [1.807, 2.05) is 18.3 Å². The van der Waals surface area contributed by atoms with Crippen molar-refractivity contribution in [2.75, 3.05) is 0 Å². The lowest BCUT2D eigenvalue weighted by atomic mass is 9.55. The first-order valence-electron chi connectivity index (χ1n) is 16.1. The highest BCUT2D eigenvalue weighted by molar-refractivity contribution is 5.90. The lowest BCUT2D eigenvalue weighted by Crippen LogP contribution is -2.40. The maximum atomic E-state index is 4.55. The smallest absolute Gasteiger partial charge is 0.0719 e. The highest BCUT2D eigenvalue weighted by atomic mass is 14.7. The van der Waals surface area contributed by atoms with Gasteiger partial charge < -0.3 is 0 Å². The predicted molar refractivity (Wildman–Crippen MR) is 190 cm³/mol. The Morgan fingerprint density at radius 2 is 0.848 bits per heavy atom. The minimum atomic E-state index is -0.399. The number of fused-ring (bicyclic) bond motifs is 9. The summed E-state index contributed by atoms with van der Waals surface area (Å²) in [6.07, 6.45) is 1.85. The van der Waals surface area contributed by atoms with Crippen molar-refractivity contribution in [2.24, 2.45) is 0 Å². The molecule has 6 aromatic carbocycles. The largest absolute Gasteiger partial charge is 0.256 e. The number of hydrogen-bond donors (Lipinski definition) is 0. The van der Waals surface area contributed by atoms with Gasteiger partial charge in [0.2, 0.25) is 0 Å². The fourth-order valence-corrected chi connectivity index (χ4v) is 8.37. The molecule has 0 atom stereocenters. The van der Waals surface area contributed by atoms with Crippen molar-refractivity contribution in [1.29, 1.82) is 0 Å². The average Bonchev–Trinajstić information content (AvgIpc) is 3.42. The third-order valence-electron chi connectivity index (χ3n) is 10.4. The van der Waals surface area contributed by atoms with Crippen LogP contribution in [0.15, 0.2) is 164 Å². The van der Waals surface area contributed by atoms with Gasteiger partial charge in [0.15, 0.2) is 0 Å². The maximum Gasteiger partial charge on any atom is 0.0719 e. The number of hydrogen-bond acceptors (Lipinski definition) is 1. The molecule has 1 heteroatoms. The number of benzene rings is 6. The summed E-state index contributed by atoms with van der Waals surface area (Å²) in [5.74, 6) is 0. The van der Waals surface area contributed by atoms with E-state index in [0.717, 1.165) is 11.3 Å². The van der Waals surface area contributed by atoms with E-state index in [9.17, 15) is 0 Å². The van der Waals surface area contributed by atoms with Crippen molar-refractivity contribution in [1.82, 2.24) is 4.98 Å². The Bertz CT molecular complexity index is 2230. The maximum absolute atomic E-state index is 4.55. The van der Waals surface area contributed by atoms with Crippen molar-refractivity contribution in [3.63, 3.8) is 0 Å². The van der Waals surface area contributed by atoms with E-state index < -0.39 is 5.41 Å². The summed E-state index contributed by atoms with van der Waals surface area (Å²) < 4.78 is 0.